The lowest BCUT2D eigenvalue weighted by Gasteiger charge is -2.06. The quantitative estimate of drug-likeness (QED) is 0.721. The number of rotatable bonds is 4. The zero-order chi connectivity index (χ0) is 14.9. The minimum absolute atomic E-state index is 0.104. The van der Waals surface area contributed by atoms with Gasteiger partial charge in [-0.15, -0.1) is 5.10 Å². The van der Waals surface area contributed by atoms with Crippen LogP contribution in [-0.4, -0.2) is 29.9 Å². The van der Waals surface area contributed by atoms with Crippen molar-refractivity contribution >= 4 is 38.5 Å². The molecule has 2 aromatic carbocycles. The molecule has 0 fully saturated rings. The van der Waals surface area contributed by atoms with E-state index in [9.17, 15) is 8.42 Å². The van der Waals surface area contributed by atoms with Gasteiger partial charge in [0.15, 0.2) is 0 Å². The Morgan fingerprint density at radius 3 is 2.62 bits per heavy atom. The van der Waals surface area contributed by atoms with Crippen molar-refractivity contribution in [1.82, 2.24) is 15.2 Å². The van der Waals surface area contributed by atoms with Crippen molar-refractivity contribution in [2.24, 2.45) is 0 Å². The molecule has 0 aliphatic rings. The molecule has 6 nitrogen and oxygen atoms in total. The highest BCUT2D eigenvalue weighted by atomic mass is 32.2. The summed E-state index contributed by atoms with van der Waals surface area (Å²) in [5.41, 5.74) is 0. The molecule has 21 heavy (non-hydrogen) atoms. The van der Waals surface area contributed by atoms with Gasteiger partial charge in [0.25, 0.3) is 10.0 Å². The Morgan fingerprint density at radius 2 is 1.90 bits per heavy atom. The maximum Gasteiger partial charge on any atom is 0.264 e. The van der Waals surface area contributed by atoms with Gasteiger partial charge in [-0.2, -0.15) is 4.98 Å². The predicted molar refractivity (Wildman–Crippen MR) is 82.9 cm³/mol. The zero-order valence-corrected chi connectivity index (χ0v) is 12.7. The fourth-order valence-electron chi connectivity index (χ4n) is 1.90. The monoisotopic (exact) mass is 320 g/mol. The molecular formula is C13H12N4O2S2. The molecule has 2 N–H and O–H groups in total. The molecule has 0 atom stereocenters. The van der Waals surface area contributed by atoms with Crippen LogP contribution in [0.2, 0.25) is 0 Å². The number of thioether (sulfide) groups is 1. The molecule has 0 spiro atoms. The van der Waals surface area contributed by atoms with Gasteiger partial charge in [-0.3, -0.25) is 0 Å². The molecular weight excluding hydrogens is 308 g/mol. The lowest BCUT2D eigenvalue weighted by Crippen LogP contribution is -2.13. The number of hydrogen-bond acceptors (Lipinski definition) is 5. The van der Waals surface area contributed by atoms with E-state index in [-0.39, 0.29) is 10.8 Å². The fourth-order valence-corrected chi connectivity index (χ4v) is 3.22. The summed E-state index contributed by atoms with van der Waals surface area (Å²) >= 11 is 1.33. The lowest BCUT2D eigenvalue weighted by atomic mass is 10.1. The third kappa shape index (κ3) is 2.86. The van der Waals surface area contributed by atoms with Crippen molar-refractivity contribution in [3.8, 4) is 0 Å². The van der Waals surface area contributed by atoms with Crippen molar-refractivity contribution in [2.45, 2.75) is 10.1 Å². The van der Waals surface area contributed by atoms with E-state index in [1.165, 1.54) is 11.8 Å². The fraction of sp³-hybridized carbons (Fsp3) is 0.0769. The van der Waals surface area contributed by atoms with E-state index >= 15 is 0 Å². The Hall–Kier alpha value is -2.06. The first kappa shape index (κ1) is 13.9. The molecule has 8 heteroatoms. The minimum atomic E-state index is -3.69. The topological polar surface area (TPSA) is 87.7 Å². The highest BCUT2D eigenvalue weighted by Crippen LogP contribution is 2.20. The second-order valence-corrected chi connectivity index (χ2v) is 6.74. The van der Waals surface area contributed by atoms with Crippen LogP contribution in [0.4, 0.5) is 5.95 Å². The molecule has 108 valence electrons. The summed E-state index contributed by atoms with van der Waals surface area (Å²) < 4.78 is 27.1. The van der Waals surface area contributed by atoms with E-state index in [0.717, 1.165) is 10.8 Å². The van der Waals surface area contributed by atoms with Gasteiger partial charge in [-0.1, -0.05) is 42.1 Å². The third-order valence-corrected chi connectivity index (χ3v) is 4.79. The molecule has 0 aliphatic heterocycles. The number of aromatic nitrogens is 3. The average Bonchev–Trinajstić information content (AvgIpc) is 2.93. The van der Waals surface area contributed by atoms with Crippen molar-refractivity contribution in [2.75, 3.05) is 11.0 Å². The van der Waals surface area contributed by atoms with Crippen LogP contribution in [0.5, 0.6) is 0 Å². The maximum atomic E-state index is 12.3. The van der Waals surface area contributed by atoms with E-state index in [1.54, 1.807) is 18.2 Å². The van der Waals surface area contributed by atoms with Gasteiger partial charge in [0, 0.05) is 0 Å². The van der Waals surface area contributed by atoms with E-state index in [0.29, 0.717) is 5.16 Å². The van der Waals surface area contributed by atoms with Crippen molar-refractivity contribution in [3.05, 3.63) is 42.5 Å². The second kappa shape index (κ2) is 5.38. The summed E-state index contributed by atoms with van der Waals surface area (Å²) in [5, 5.41) is 8.74. The molecule has 0 bridgehead atoms. The van der Waals surface area contributed by atoms with E-state index in [2.05, 4.69) is 19.9 Å². The Kier molecular flexibility index (Phi) is 3.56. The second-order valence-electron chi connectivity index (χ2n) is 4.29. The standard InChI is InChI=1S/C13H12N4O2S2/c1-20-13-14-12(15-16-13)17-21(18,19)11-7-6-9-4-2-3-5-10(9)8-11/h2-8H,1H3,(H2,14,15,16,17). The molecule has 0 aliphatic carbocycles. The maximum absolute atomic E-state index is 12.3. The van der Waals surface area contributed by atoms with Crippen LogP contribution in [0.3, 0.4) is 0 Å². The number of anilines is 1. The van der Waals surface area contributed by atoms with Crippen LogP contribution in [0, 0.1) is 0 Å². The molecule has 0 amide bonds. The van der Waals surface area contributed by atoms with E-state index in [4.69, 9.17) is 0 Å². The first-order valence-electron chi connectivity index (χ1n) is 6.06. The molecule has 0 saturated heterocycles. The average molecular weight is 320 g/mol. The van der Waals surface area contributed by atoms with Crippen LogP contribution in [0.15, 0.2) is 52.5 Å². The zero-order valence-electron chi connectivity index (χ0n) is 11.1. The van der Waals surface area contributed by atoms with Crippen molar-refractivity contribution < 1.29 is 8.42 Å². The van der Waals surface area contributed by atoms with Crippen LogP contribution < -0.4 is 4.72 Å². The summed E-state index contributed by atoms with van der Waals surface area (Å²) in [5.74, 6) is 0.104. The summed E-state index contributed by atoms with van der Waals surface area (Å²) in [6.45, 7) is 0. The van der Waals surface area contributed by atoms with Crippen molar-refractivity contribution in [3.63, 3.8) is 0 Å². The van der Waals surface area contributed by atoms with Crippen LogP contribution >= 0.6 is 11.8 Å². The number of nitrogens with one attached hydrogen (secondary N) is 2. The number of benzene rings is 2. The molecule has 0 unspecified atom stereocenters. The number of hydrogen-bond donors (Lipinski definition) is 2. The van der Waals surface area contributed by atoms with Crippen LogP contribution in [-0.2, 0) is 10.0 Å². The Bertz CT molecular complexity index is 890. The van der Waals surface area contributed by atoms with Gasteiger partial charge in [0.1, 0.15) is 0 Å². The lowest BCUT2D eigenvalue weighted by molar-refractivity contribution is 0.601. The van der Waals surface area contributed by atoms with E-state index in [1.807, 2.05) is 30.5 Å². The van der Waals surface area contributed by atoms with Gasteiger partial charge < -0.3 is 0 Å². The highest BCUT2D eigenvalue weighted by Gasteiger charge is 2.16. The largest absolute Gasteiger partial charge is 0.264 e. The van der Waals surface area contributed by atoms with Gasteiger partial charge in [-0.25, -0.2) is 18.2 Å². The molecule has 1 heterocycles. The van der Waals surface area contributed by atoms with Crippen molar-refractivity contribution in [1.29, 1.82) is 0 Å². The van der Waals surface area contributed by atoms with E-state index < -0.39 is 10.0 Å². The van der Waals surface area contributed by atoms with Gasteiger partial charge in [0.2, 0.25) is 11.1 Å². The number of H-pyrrole nitrogens is 1. The van der Waals surface area contributed by atoms with Crippen LogP contribution in [0.25, 0.3) is 10.8 Å². The molecule has 3 aromatic rings. The highest BCUT2D eigenvalue weighted by molar-refractivity contribution is 7.98. The first-order chi connectivity index (χ1) is 10.1. The normalized spacial score (nSPS) is 11.7. The molecule has 3 rings (SSSR count). The first-order valence-corrected chi connectivity index (χ1v) is 8.77. The van der Waals surface area contributed by atoms with Gasteiger partial charge >= 0.3 is 0 Å². The smallest absolute Gasteiger partial charge is 0.248 e. The third-order valence-electron chi connectivity index (χ3n) is 2.91. The van der Waals surface area contributed by atoms with Gasteiger partial charge in [0.05, 0.1) is 4.90 Å². The van der Waals surface area contributed by atoms with Gasteiger partial charge in [-0.05, 0) is 29.2 Å². The molecule has 1 aromatic heterocycles. The number of fused-ring (bicyclic) bond motifs is 1. The number of nitrogens with zero attached hydrogens (tertiary/aromatic N) is 2. The summed E-state index contributed by atoms with van der Waals surface area (Å²) in [7, 11) is -3.69. The minimum Gasteiger partial charge on any atom is -0.248 e. The summed E-state index contributed by atoms with van der Waals surface area (Å²) in [6, 6.07) is 12.5. The Labute approximate surface area is 126 Å². The Balaban J connectivity index is 1.95. The summed E-state index contributed by atoms with van der Waals surface area (Å²) in [6.07, 6.45) is 1.81. The SMILES string of the molecule is CSc1n[nH]c(NS(=O)(=O)c2ccc3ccccc3c2)n1. The Morgan fingerprint density at radius 1 is 1.14 bits per heavy atom. The summed E-state index contributed by atoms with van der Waals surface area (Å²) in [4.78, 5) is 4.19. The predicted octanol–water partition coefficient (Wildman–Crippen LogP) is 2.48. The molecule has 0 saturated carbocycles. The molecule has 0 radical (unpaired) electrons. The number of aromatic amines is 1. The number of sulfonamides is 1. The van der Waals surface area contributed by atoms with Crippen LogP contribution in [0.1, 0.15) is 0 Å².